The van der Waals surface area contributed by atoms with Crippen LogP contribution in [0.1, 0.15) is 11.6 Å². The summed E-state index contributed by atoms with van der Waals surface area (Å²) >= 11 is 0. The molecule has 0 saturated carbocycles. The van der Waals surface area contributed by atoms with E-state index in [2.05, 4.69) is 10.3 Å². The second-order valence-electron chi connectivity index (χ2n) is 3.88. The Bertz CT molecular complexity index is 560. The van der Waals surface area contributed by atoms with E-state index in [0.717, 1.165) is 5.56 Å². The highest BCUT2D eigenvalue weighted by molar-refractivity contribution is 5.80. The Kier molecular flexibility index (Phi) is 4.07. The molecular formula is C14H13FN2O2. The van der Waals surface area contributed by atoms with Crippen molar-refractivity contribution in [2.75, 3.05) is 12.4 Å². The first kappa shape index (κ1) is 13.0. The predicted octanol–water partition coefficient (Wildman–Crippen LogP) is 2.55. The van der Waals surface area contributed by atoms with Gasteiger partial charge in [0.2, 0.25) is 5.95 Å². The van der Waals surface area contributed by atoms with Gasteiger partial charge in [0.15, 0.2) is 6.04 Å². The predicted molar refractivity (Wildman–Crippen MR) is 69.0 cm³/mol. The molecule has 0 aliphatic heterocycles. The van der Waals surface area contributed by atoms with E-state index in [1.807, 2.05) is 18.2 Å². The van der Waals surface area contributed by atoms with E-state index in [-0.39, 0.29) is 0 Å². The molecule has 1 atom stereocenters. The summed E-state index contributed by atoms with van der Waals surface area (Å²) in [5, 5.41) is 2.93. The average molecular weight is 260 g/mol. The van der Waals surface area contributed by atoms with Crippen LogP contribution in [0.2, 0.25) is 0 Å². The highest BCUT2D eigenvalue weighted by Crippen LogP contribution is 2.20. The fourth-order valence-electron chi connectivity index (χ4n) is 1.70. The van der Waals surface area contributed by atoms with Gasteiger partial charge in [-0.25, -0.2) is 9.78 Å². The fraction of sp³-hybridized carbons (Fsp3) is 0.143. The normalized spacial score (nSPS) is 11.7. The Hall–Kier alpha value is -2.43. The molecule has 0 radical (unpaired) electrons. The summed E-state index contributed by atoms with van der Waals surface area (Å²) in [6, 6.07) is 11.2. The van der Waals surface area contributed by atoms with Crippen LogP contribution in [-0.4, -0.2) is 18.1 Å². The van der Waals surface area contributed by atoms with Crippen molar-refractivity contribution in [2.24, 2.45) is 0 Å². The molecule has 1 aromatic heterocycles. The van der Waals surface area contributed by atoms with Crippen LogP contribution in [0, 0.1) is 5.95 Å². The number of pyridine rings is 1. The van der Waals surface area contributed by atoms with Crippen molar-refractivity contribution in [1.82, 2.24) is 4.98 Å². The van der Waals surface area contributed by atoms with Gasteiger partial charge in [-0.15, -0.1) is 0 Å². The fourth-order valence-corrected chi connectivity index (χ4v) is 1.70. The van der Waals surface area contributed by atoms with E-state index in [1.165, 1.54) is 19.4 Å². The maximum Gasteiger partial charge on any atom is 0.332 e. The van der Waals surface area contributed by atoms with Gasteiger partial charge in [-0.05, 0) is 11.6 Å². The monoisotopic (exact) mass is 260 g/mol. The maximum atomic E-state index is 13.0. The van der Waals surface area contributed by atoms with E-state index < -0.39 is 18.0 Å². The van der Waals surface area contributed by atoms with Crippen molar-refractivity contribution in [3.8, 4) is 0 Å². The molecule has 5 heteroatoms. The van der Waals surface area contributed by atoms with Crippen LogP contribution in [0.5, 0.6) is 0 Å². The van der Waals surface area contributed by atoms with Gasteiger partial charge < -0.3 is 10.1 Å². The molecule has 1 unspecified atom stereocenters. The Labute approximate surface area is 110 Å². The number of carbonyl (C=O) groups is 1. The quantitative estimate of drug-likeness (QED) is 0.678. The number of esters is 1. The van der Waals surface area contributed by atoms with E-state index in [9.17, 15) is 9.18 Å². The highest BCUT2D eigenvalue weighted by atomic mass is 19.1. The molecule has 0 spiro atoms. The lowest BCUT2D eigenvalue weighted by molar-refractivity contribution is -0.141. The summed E-state index contributed by atoms with van der Waals surface area (Å²) in [6.45, 7) is 0. The van der Waals surface area contributed by atoms with E-state index in [1.54, 1.807) is 18.2 Å². The number of aromatic nitrogens is 1. The van der Waals surface area contributed by atoms with Crippen LogP contribution >= 0.6 is 0 Å². The van der Waals surface area contributed by atoms with Gasteiger partial charge >= 0.3 is 5.97 Å². The maximum absolute atomic E-state index is 13.0. The Morgan fingerprint density at radius 2 is 2.05 bits per heavy atom. The number of ether oxygens (including phenoxy) is 1. The van der Waals surface area contributed by atoms with E-state index in [0.29, 0.717) is 5.69 Å². The van der Waals surface area contributed by atoms with Crippen LogP contribution in [0.25, 0.3) is 0 Å². The summed E-state index contributed by atoms with van der Waals surface area (Å²) in [5.41, 5.74) is 1.21. The van der Waals surface area contributed by atoms with Gasteiger partial charge in [-0.2, -0.15) is 4.39 Å². The number of nitrogens with zero attached hydrogens (tertiary/aromatic N) is 1. The summed E-state index contributed by atoms with van der Waals surface area (Å²) in [7, 11) is 1.31. The Morgan fingerprint density at radius 1 is 1.32 bits per heavy atom. The lowest BCUT2D eigenvalue weighted by Crippen LogP contribution is -2.22. The van der Waals surface area contributed by atoms with E-state index in [4.69, 9.17) is 4.74 Å². The van der Waals surface area contributed by atoms with Crippen molar-refractivity contribution in [1.29, 1.82) is 0 Å². The molecule has 19 heavy (non-hydrogen) atoms. The number of rotatable bonds is 4. The topological polar surface area (TPSA) is 51.2 Å². The number of carbonyl (C=O) groups excluding carboxylic acids is 1. The number of benzene rings is 1. The van der Waals surface area contributed by atoms with Crippen LogP contribution in [0.3, 0.4) is 0 Å². The van der Waals surface area contributed by atoms with Gasteiger partial charge in [0, 0.05) is 18.0 Å². The van der Waals surface area contributed by atoms with Crippen molar-refractivity contribution in [2.45, 2.75) is 6.04 Å². The third-order valence-electron chi connectivity index (χ3n) is 2.61. The van der Waals surface area contributed by atoms with Crippen LogP contribution in [0.4, 0.5) is 10.1 Å². The average Bonchev–Trinajstić information content (AvgIpc) is 2.45. The Balaban J connectivity index is 2.27. The minimum Gasteiger partial charge on any atom is -0.467 e. The molecule has 0 aliphatic rings. The first-order valence-electron chi connectivity index (χ1n) is 5.71. The number of nitrogens with one attached hydrogen (secondary N) is 1. The van der Waals surface area contributed by atoms with Crippen LogP contribution in [-0.2, 0) is 9.53 Å². The number of methoxy groups -OCH3 is 1. The zero-order chi connectivity index (χ0) is 13.7. The molecule has 1 heterocycles. The van der Waals surface area contributed by atoms with Crippen molar-refractivity contribution >= 4 is 11.7 Å². The van der Waals surface area contributed by atoms with Gasteiger partial charge in [-0.1, -0.05) is 30.3 Å². The minimum absolute atomic E-state index is 0.441. The van der Waals surface area contributed by atoms with Crippen LogP contribution in [0.15, 0.2) is 48.7 Å². The summed E-state index contributed by atoms with van der Waals surface area (Å²) < 4.78 is 17.8. The first-order chi connectivity index (χ1) is 9.20. The number of anilines is 1. The second-order valence-corrected chi connectivity index (χ2v) is 3.88. The van der Waals surface area contributed by atoms with Crippen molar-refractivity contribution in [3.63, 3.8) is 0 Å². The molecule has 0 bridgehead atoms. The number of halogens is 1. The smallest absolute Gasteiger partial charge is 0.332 e. The van der Waals surface area contributed by atoms with Gasteiger partial charge in [-0.3, -0.25) is 0 Å². The van der Waals surface area contributed by atoms with Gasteiger partial charge in [0.25, 0.3) is 0 Å². The van der Waals surface area contributed by atoms with E-state index >= 15 is 0 Å². The number of hydrogen-bond donors (Lipinski definition) is 1. The Morgan fingerprint density at radius 3 is 2.68 bits per heavy atom. The zero-order valence-electron chi connectivity index (χ0n) is 10.3. The molecule has 0 amide bonds. The van der Waals surface area contributed by atoms with Crippen molar-refractivity contribution < 1.29 is 13.9 Å². The lowest BCUT2D eigenvalue weighted by atomic mass is 10.1. The molecule has 4 nitrogen and oxygen atoms in total. The largest absolute Gasteiger partial charge is 0.467 e. The summed E-state index contributed by atoms with van der Waals surface area (Å²) in [4.78, 5) is 15.3. The van der Waals surface area contributed by atoms with Crippen LogP contribution < -0.4 is 5.32 Å². The minimum atomic E-state index is -0.687. The molecule has 0 saturated heterocycles. The van der Waals surface area contributed by atoms with Gasteiger partial charge in [0.05, 0.1) is 7.11 Å². The molecule has 2 rings (SSSR count). The molecule has 1 aromatic carbocycles. The van der Waals surface area contributed by atoms with Gasteiger partial charge in [0.1, 0.15) is 0 Å². The van der Waals surface area contributed by atoms with Crippen molar-refractivity contribution in [3.05, 3.63) is 60.2 Å². The zero-order valence-corrected chi connectivity index (χ0v) is 10.3. The first-order valence-corrected chi connectivity index (χ1v) is 5.71. The molecule has 98 valence electrons. The number of hydrogen-bond acceptors (Lipinski definition) is 4. The summed E-state index contributed by atoms with van der Waals surface area (Å²) in [6.07, 6.45) is 1.33. The second kappa shape index (κ2) is 5.95. The third kappa shape index (κ3) is 3.28. The molecule has 2 aromatic rings. The molecule has 1 N–H and O–H groups in total. The lowest BCUT2D eigenvalue weighted by Gasteiger charge is -2.17. The molecule has 0 aliphatic carbocycles. The highest BCUT2D eigenvalue weighted by Gasteiger charge is 2.21. The SMILES string of the molecule is COC(=O)C(Nc1ccnc(F)c1)c1ccccc1. The standard InChI is InChI=1S/C14H13FN2O2/c1-19-14(18)13(10-5-3-2-4-6-10)17-11-7-8-16-12(15)9-11/h2-9,13H,1H3,(H,16,17). The molecule has 0 fully saturated rings. The molecular weight excluding hydrogens is 247 g/mol. The third-order valence-corrected chi connectivity index (χ3v) is 2.61. The summed E-state index contributed by atoms with van der Waals surface area (Å²) in [5.74, 6) is -1.05.